The van der Waals surface area contributed by atoms with E-state index in [1.165, 1.54) is 4.90 Å². The molecule has 1 aliphatic heterocycles. The minimum Gasteiger partial charge on any atom is -0.480 e. The van der Waals surface area contributed by atoms with E-state index in [0.29, 0.717) is 5.56 Å². The molecule has 1 aliphatic rings. The Hall–Kier alpha value is -1.36. The molecule has 1 heterocycles. The van der Waals surface area contributed by atoms with Gasteiger partial charge < -0.3 is 10.0 Å². The van der Waals surface area contributed by atoms with Gasteiger partial charge in [-0.15, -0.1) is 0 Å². The SMILES string of the molecule is C[C@@H]1c2ccc(Br)cc2C(=O)N1CC(=O)O. The molecule has 0 saturated heterocycles. The third-order valence-corrected chi connectivity index (χ3v) is 3.22. The lowest BCUT2D eigenvalue weighted by molar-refractivity contribution is -0.138. The summed E-state index contributed by atoms with van der Waals surface area (Å²) in [5.74, 6) is -1.21. The number of fused-ring (bicyclic) bond motifs is 1. The fourth-order valence-electron chi connectivity index (χ4n) is 1.93. The summed E-state index contributed by atoms with van der Waals surface area (Å²) in [6.45, 7) is 1.58. The van der Waals surface area contributed by atoms with E-state index in [9.17, 15) is 9.59 Å². The molecule has 0 radical (unpaired) electrons. The lowest BCUT2D eigenvalue weighted by Gasteiger charge is -2.19. The summed E-state index contributed by atoms with van der Waals surface area (Å²) in [7, 11) is 0. The Morgan fingerprint density at radius 3 is 2.88 bits per heavy atom. The molecule has 1 atom stereocenters. The van der Waals surface area contributed by atoms with Crippen LogP contribution in [0.25, 0.3) is 0 Å². The second kappa shape index (κ2) is 3.90. The van der Waals surface area contributed by atoms with Gasteiger partial charge in [-0.25, -0.2) is 0 Å². The number of carboxylic acid groups (broad SMARTS) is 1. The zero-order chi connectivity index (χ0) is 11.9. The molecule has 1 amide bonds. The average molecular weight is 284 g/mol. The van der Waals surface area contributed by atoms with Crippen LogP contribution in [0.1, 0.15) is 28.9 Å². The molecule has 0 saturated carbocycles. The summed E-state index contributed by atoms with van der Waals surface area (Å²) in [5, 5.41) is 8.74. The molecule has 0 unspecified atom stereocenters. The first-order valence-electron chi connectivity index (χ1n) is 4.83. The Balaban J connectivity index is 2.40. The number of carboxylic acids is 1. The summed E-state index contributed by atoms with van der Waals surface area (Å²) < 4.78 is 0.823. The number of benzene rings is 1. The summed E-state index contributed by atoms with van der Waals surface area (Å²) in [4.78, 5) is 24.0. The lowest BCUT2D eigenvalue weighted by Crippen LogP contribution is -2.32. The van der Waals surface area contributed by atoms with Gasteiger partial charge in [0.2, 0.25) is 0 Å². The Morgan fingerprint density at radius 1 is 1.56 bits per heavy atom. The van der Waals surface area contributed by atoms with Gasteiger partial charge in [0.05, 0.1) is 6.04 Å². The van der Waals surface area contributed by atoms with Gasteiger partial charge in [-0.1, -0.05) is 22.0 Å². The van der Waals surface area contributed by atoms with Gasteiger partial charge in [0.1, 0.15) is 6.54 Å². The predicted molar refractivity (Wildman–Crippen MR) is 61.2 cm³/mol. The molecule has 1 N–H and O–H groups in total. The molecule has 4 nitrogen and oxygen atoms in total. The van der Waals surface area contributed by atoms with Crippen LogP contribution >= 0.6 is 15.9 Å². The molecule has 5 heteroatoms. The van der Waals surface area contributed by atoms with Crippen LogP contribution in [0, 0.1) is 0 Å². The minimum absolute atomic E-state index is 0.174. The van der Waals surface area contributed by atoms with Crippen molar-refractivity contribution in [1.29, 1.82) is 0 Å². The maximum atomic E-state index is 11.9. The lowest BCUT2D eigenvalue weighted by atomic mass is 10.1. The Bertz CT molecular complexity index is 472. The quantitative estimate of drug-likeness (QED) is 0.904. The summed E-state index contributed by atoms with van der Waals surface area (Å²) >= 11 is 3.30. The minimum atomic E-state index is -0.993. The van der Waals surface area contributed by atoms with Gasteiger partial charge in [-0.2, -0.15) is 0 Å². The summed E-state index contributed by atoms with van der Waals surface area (Å²) in [5.41, 5.74) is 1.47. The number of halogens is 1. The second-order valence-electron chi connectivity index (χ2n) is 3.73. The highest BCUT2D eigenvalue weighted by Gasteiger charge is 2.34. The van der Waals surface area contributed by atoms with Crippen molar-refractivity contribution in [2.45, 2.75) is 13.0 Å². The summed E-state index contributed by atoms with van der Waals surface area (Å²) in [6.07, 6.45) is 0. The van der Waals surface area contributed by atoms with E-state index in [1.807, 2.05) is 19.1 Å². The summed E-state index contributed by atoms with van der Waals surface area (Å²) in [6, 6.07) is 5.26. The zero-order valence-corrected chi connectivity index (χ0v) is 10.2. The molecule has 0 aliphatic carbocycles. The van der Waals surface area contributed by atoms with Gasteiger partial charge >= 0.3 is 5.97 Å². The predicted octanol–water partition coefficient (Wildman–Crippen LogP) is 2.05. The average Bonchev–Trinajstić information content (AvgIpc) is 2.43. The van der Waals surface area contributed by atoms with Crippen molar-refractivity contribution in [3.8, 4) is 0 Å². The van der Waals surface area contributed by atoms with Crippen LogP contribution in [0.5, 0.6) is 0 Å². The molecular weight excluding hydrogens is 274 g/mol. The Morgan fingerprint density at radius 2 is 2.25 bits per heavy atom. The standard InChI is InChI=1S/C11H10BrNO3/c1-6-8-3-2-7(12)4-9(8)11(16)13(6)5-10(14)15/h2-4,6H,5H2,1H3,(H,14,15)/t6-/m1/s1. The molecule has 0 fully saturated rings. The van der Waals surface area contributed by atoms with Crippen molar-refractivity contribution in [2.24, 2.45) is 0 Å². The number of hydrogen-bond acceptors (Lipinski definition) is 2. The van der Waals surface area contributed by atoms with Crippen molar-refractivity contribution in [2.75, 3.05) is 6.54 Å². The van der Waals surface area contributed by atoms with E-state index in [4.69, 9.17) is 5.11 Å². The number of amides is 1. The van der Waals surface area contributed by atoms with Crippen LogP contribution in [0.3, 0.4) is 0 Å². The number of nitrogens with zero attached hydrogens (tertiary/aromatic N) is 1. The van der Waals surface area contributed by atoms with E-state index in [1.54, 1.807) is 6.07 Å². The number of aliphatic carboxylic acids is 1. The van der Waals surface area contributed by atoms with Crippen LogP contribution < -0.4 is 0 Å². The van der Waals surface area contributed by atoms with Gasteiger partial charge in [0.25, 0.3) is 5.91 Å². The molecule has 1 aromatic carbocycles. The highest BCUT2D eigenvalue weighted by atomic mass is 79.9. The molecule has 0 aromatic heterocycles. The van der Waals surface area contributed by atoms with Crippen molar-refractivity contribution in [3.05, 3.63) is 33.8 Å². The van der Waals surface area contributed by atoms with Gasteiger partial charge in [0, 0.05) is 10.0 Å². The molecular formula is C11H10BrNO3. The monoisotopic (exact) mass is 283 g/mol. The van der Waals surface area contributed by atoms with E-state index in [2.05, 4.69) is 15.9 Å². The molecule has 2 rings (SSSR count). The van der Waals surface area contributed by atoms with E-state index >= 15 is 0 Å². The van der Waals surface area contributed by atoms with Crippen molar-refractivity contribution in [1.82, 2.24) is 4.90 Å². The van der Waals surface area contributed by atoms with Crippen molar-refractivity contribution < 1.29 is 14.7 Å². The second-order valence-corrected chi connectivity index (χ2v) is 4.65. The molecule has 0 bridgehead atoms. The number of carbonyl (C=O) groups excluding carboxylic acids is 1. The number of hydrogen-bond donors (Lipinski definition) is 1. The first-order chi connectivity index (χ1) is 7.50. The van der Waals surface area contributed by atoms with Crippen LogP contribution in [0.4, 0.5) is 0 Å². The molecule has 84 valence electrons. The maximum absolute atomic E-state index is 11.9. The number of carbonyl (C=O) groups is 2. The van der Waals surface area contributed by atoms with Crippen LogP contribution in [-0.4, -0.2) is 28.4 Å². The molecule has 16 heavy (non-hydrogen) atoms. The largest absolute Gasteiger partial charge is 0.480 e. The fourth-order valence-corrected chi connectivity index (χ4v) is 2.29. The van der Waals surface area contributed by atoms with Gasteiger partial charge in [-0.05, 0) is 24.6 Å². The third-order valence-electron chi connectivity index (χ3n) is 2.73. The maximum Gasteiger partial charge on any atom is 0.323 e. The van der Waals surface area contributed by atoms with Crippen LogP contribution in [0.15, 0.2) is 22.7 Å². The highest BCUT2D eigenvalue weighted by molar-refractivity contribution is 9.10. The van der Waals surface area contributed by atoms with E-state index in [0.717, 1.165) is 10.0 Å². The molecule has 1 aromatic rings. The zero-order valence-electron chi connectivity index (χ0n) is 8.61. The Labute approximate surface area is 101 Å². The van der Waals surface area contributed by atoms with Gasteiger partial charge in [0.15, 0.2) is 0 Å². The molecule has 0 spiro atoms. The normalized spacial score (nSPS) is 18.8. The van der Waals surface area contributed by atoms with Crippen LogP contribution in [0.2, 0.25) is 0 Å². The smallest absolute Gasteiger partial charge is 0.323 e. The third kappa shape index (κ3) is 1.71. The van der Waals surface area contributed by atoms with E-state index in [-0.39, 0.29) is 18.5 Å². The van der Waals surface area contributed by atoms with Crippen molar-refractivity contribution >= 4 is 27.8 Å². The number of rotatable bonds is 2. The van der Waals surface area contributed by atoms with Crippen molar-refractivity contribution in [3.63, 3.8) is 0 Å². The first-order valence-corrected chi connectivity index (χ1v) is 5.62. The fraction of sp³-hybridized carbons (Fsp3) is 0.273. The highest BCUT2D eigenvalue weighted by Crippen LogP contribution is 2.34. The van der Waals surface area contributed by atoms with Gasteiger partial charge in [-0.3, -0.25) is 9.59 Å². The topological polar surface area (TPSA) is 57.6 Å². The Kier molecular flexibility index (Phi) is 2.71. The van der Waals surface area contributed by atoms with Crippen LogP contribution in [-0.2, 0) is 4.79 Å². The first kappa shape index (κ1) is 11.1. The van der Waals surface area contributed by atoms with E-state index < -0.39 is 5.97 Å².